The summed E-state index contributed by atoms with van der Waals surface area (Å²) in [5.41, 5.74) is 3.80. The Morgan fingerprint density at radius 3 is 2.44 bits per heavy atom. The molecule has 0 saturated heterocycles. The Morgan fingerprint density at radius 1 is 1.06 bits per heavy atom. The molecule has 32 heavy (non-hydrogen) atoms. The average Bonchev–Trinajstić information content (AvgIpc) is 3.13. The Balaban J connectivity index is 1.70. The molecule has 0 aliphatic heterocycles. The van der Waals surface area contributed by atoms with Gasteiger partial charge in [-0.25, -0.2) is 4.68 Å². The van der Waals surface area contributed by atoms with E-state index in [-0.39, 0.29) is 11.0 Å². The van der Waals surface area contributed by atoms with Crippen LogP contribution in [0.4, 0.5) is 0 Å². The van der Waals surface area contributed by atoms with Crippen LogP contribution in [0.2, 0.25) is 5.02 Å². The summed E-state index contributed by atoms with van der Waals surface area (Å²) in [5, 5.41) is 9.80. The van der Waals surface area contributed by atoms with Crippen LogP contribution in [0.3, 0.4) is 0 Å². The van der Waals surface area contributed by atoms with E-state index >= 15 is 0 Å². The summed E-state index contributed by atoms with van der Waals surface area (Å²) in [4.78, 5) is 16.0. The number of methoxy groups -OCH3 is 1. The van der Waals surface area contributed by atoms with Crippen LogP contribution >= 0.6 is 11.6 Å². The third kappa shape index (κ3) is 4.42. The fourth-order valence-corrected chi connectivity index (χ4v) is 3.88. The Morgan fingerprint density at radius 2 is 1.75 bits per heavy atom. The predicted octanol–water partition coefficient (Wildman–Crippen LogP) is 4.96. The zero-order valence-corrected chi connectivity index (χ0v) is 19.5. The lowest BCUT2D eigenvalue weighted by molar-refractivity contribution is 0.407. The van der Waals surface area contributed by atoms with Crippen molar-refractivity contribution >= 4 is 22.6 Å². The molecule has 7 heteroatoms. The molecule has 0 unspecified atom stereocenters. The Hall–Kier alpha value is -3.09. The molecule has 0 spiro atoms. The van der Waals surface area contributed by atoms with Gasteiger partial charge in [0.15, 0.2) is 0 Å². The number of pyridine rings is 1. The van der Waals surface area contributed by atoms with E-state index in [1.807, 2.05) is 54.6 Å². The lowest BCUT2D eigenvalue weighted by Crippen LogP contribution is -2.21. The SMILES string of the molecule is COc1ccccc1CNCc1cc2c(C(C)(C)C)nn(-c3ccc(Cl)cc3)c2[nH]c1=O. The third-order valence-corrected chi connectivity index (χ3v) is 5.62. The Kier molecular flexibility index (Phi) is 6.09. The molecule has 0 aliphatic rings. The van der Waals surface area contributed by atoms with Crippen LogP contribution in [-0.2, 0) is 18.5 Å². The van der Waals surface area contributed by atoms with Crippen molar-refractivity contribution in [3.8, 4) is 11.4 Å². The quantitative estimate of drug-likeness (QED) is 0.435. The molecule has 0 saturated carbocycles. The van der Waals surface area contributed by atoms with Gasteiger partial charge in [0.2, 0.25) is 0 Å². The maximum atomic E-state index is 12.9. The molecule has 2 N–H and O–H groups in total. The van der Waals surface area contributed by atoms with Crippen LogP contribution < -0.4 is 15.6 Å². The zero-order chi connectivity index (χ0) is 22.9. The maximum absolute atomic E-state index is 12.9. The van der Waals surface area contributed by atoms with Crippen LogP contribution in [-0.4, -0.2) is 21.9 Å². The monoisotopic (exact) mass is 450 g/mol. The van der Waals surface area contributed by atoms with E-state index in [1.54, 1.807) is 11.8 Å². The minimum atomic E-state index is -0.198. The molecule has 4 rings (SSSR count). The van der Waals surface area contributed by atoms with Crippen molar-refractivity contribution in [3.63, 3.8) is 0 Å². The van der Waals surface area contributed by atoms with Crippen molar-refractivity contribution in [1.29, 1.82) is 0 Å². The van der Waals surface area contributed by atoms with Gasteiger partial charge in [-0.3, -0.25) is 4.79 Å². The molecule has 0 atom stereocenters. The number of nitrogens with one attached hydrogen (secondary N) is 2. The van der Waals surface area contributed by atoms with Crippen LogP contribution in [0.1, 0.15) is 37.6 Å². The first-order chi connectivity index (χ1) is 15.3. The van der Waals surface area contributed by atoms with E-state index in [1.165, 1.54) is 0 Å². The molecular formula is C25H27ClN4O2. The highest BCUT2D eigenvalue weighted by atomic mass is 35.5. The number of H-pyrrole nitrogens is 1. The standard InChI is InChI=1S/C25H27ClN4O2/c1-25(2,3)22-20-13-17(15-27-14-16-7-5-6-8-21(16)32-4)24(31)28-23(20)30(29-22)19-11-9-18(26)10-12-19/h5-13,27H,14-15H2,1-4H3,(H,28,31). The van der Waals surface area contributed by atoms with Crippen LogP contribution in [0, 0.1) is 0 Å². The number of aromatic amines is 1. The highest BCUT2D eigenvalue weighted by molar-refractivity contribution is 6.30. The molecule has 0 aliphatic carbocycles. The van der Waals surface area contributed by atoms with E-state index < -0.39 is 0 Å². The minimum Gasteiger partial charge on any atom is -0.496 e. The number of benzene rings is 2. The number of fused-ring (bicyclic) bond motifs is 1. The normalized spacial score (nSPS) is 11.8. The highest BCUT2D eigenvalue weighted by Gasteiger charge is 2.24. The van der Waals surface area contributed by atoms with Gasteiger partial charge in [0, 0.05) is 40.0 Å². The van der Waals surface area contributed by atoms with Gasteiger partial charge in [0.25, 0.3) is 5.56 Å². The zero-order valence-electron chi connectivity index (χ0n) is 18.7. The number of ether oxygens (including phenoxy) is 1. The van der Waals surface area contributed by atoms with Gasteiger partial charge in [-0.2, -0.15) is 5.10 Å². The molecular weight excluding hydrogens is 424 g/mol. The first-order valence-corrected chi connectivity index (χ1v) is 10.9. The van der Waals surface area contributed by atoms with E-state index in [0.29, 0.717) is 29.3 Å². The van der Waals surface area contributed by atoms with Gasteiger partial charge in [-0.15, -0.1) is 0 Å². The van der Waals surface area contributed by atoms with Crippen LogP contribution in [0.5, 0.6) is 5.75 Å². The fourth-order valence-electron chi connectivity index (χ4n) is 3.75. The number of para-hydroxylation sites is 1. The molecule has 2 heterocycles. The third-order valence-electron chi connectivity index (χ3n) is 5.37. The Bertz CT molecular complexity index is 1300. The Labute approximate surface area is 192 Å². The molecule has 4 aromatic rings. The average molecular weight is 451 g/mol. The smallest absolute Gasteiger partial charge is 0.254 e. The first-order valence-electron chi connectivity index (χ1n) is 10.5. The van der Waals surface area contributed by atoms with Crippen molar-refractivity contribution < 1.29 is 4.74 Å². The van der Waals surface area contributed by atoms with Crippen LogP contribution in [0.15, 0.2) is 59.4 Å². The first kappa shape index (κ1) is 22.1. The van der Waals surface area contributed by atoms with Gasteiger partial charge in [-0.05, 0) is 36.4 Å². The van der Waals surface area contributed by atoms with Crippen molar-refractivity contribution in [2.75, 3.05) is 7.11 Å². The molecule has 166 valence electrons. The predicted molar refractivity (Wildman–Crippen MR) is 129 cm³/mol. The summed E-state index contributed by atoms with van der Waals surface area (Å²) < 4.78 is 7.19. The molecule has 6 nitrogen and oxygen atoms in total. The lowest BCUT2D eigenvalue weighted by Gasteiger charge is -2.15. The number of hydrogen-bond donors (Lipinski definition) is 2. The second-order valence-electron chi connectivity index (χ2n) is 8.79. The second-order valence-corrected chi connectivity index (χ2v) is 9.22. The number of rotatable bonds is 6. The van der Waals surface area contributed by atoms with Crippen molar-refractivity contribution in [2.24, 2.45) is 0 Å². The van der Waals surface area contributed by atoms with E-state index in [2.05, 4.69) is 31.1 Å². The second kappa shape index (κ2) is 8.81. The molecule has 2 aromatic heterocycles. The molecule has 0 amide bonds. The number of hydrogen-bond acceptors (Lipinski definition) is 4. The summed E-state index contributed by atoms with van der Waals surface area (Å²) in [6.07, 6.45) is 0. The largest absolute Gasteiger partial charge is 0.496 e. The van der Waals surface area contributed by atoms with Gasteiger partial charge >= 0.3 is 0 Å². The van der Waals surface area contributed by atoms with E-state index in [9.17, 15) is 4.79 Å². The van der Waals surface area contributed by atoms with Gasteiger partial charge in [0.1, 0.15) is 11.4 Å². The summed E-state index contributed by atoms with van der Waals surface area (Å²) in [7, 11) is 1.66. The number of halogens is 1. The molecule has 0 fully saturated rings. The molecule has 2 aromatic carbocycles. The number of aromatic nitrogens is 3. The maximum Gasteiger partial charge on any atom is 0.254 e. The van der Waals surface area contributed by atoms with Gasteiger partial charge in [0.05, 0.1) is 18.5 Å². The topological polar surface area (TPSA) is 71.9 Å². The van der Waals surface area contributed by atoms with Crippen molar-refractivity contribution in [3.05, 3.63) is 86.8 Å². The summed E-state index contributed by atoms with van der Waals surface area (Å²) in [5.74, 6) is 0.823. The summed E-state index contributed by atoms with van der Waals surface area (Å²) in [6, 6.07) is 17.2. The highest BCUT2D eigenvalue weighted by Crippen LogP contribution is 2.30. The summed E-state index contributed by atoms with van der Waals surface area (Å²) in [6.45, 7) is 7.37. The van der Waals surface area contributed by atoms with Gasteiger partial charge in [-0.1, -0.05) is 50.6 Å². The van der Waals surface area contributed by atoms with E-state index in [4.69, 9.17) is 21.4 Å². The van der Waals surface area contributed by atoms with Crippen molar-refractivity contribution in [1.82, 2.24) is 20.1 Å². The van der Waals surface area contributed by atoms with E-state index in [0.717, 1.165) is 28.1 Å². The lowest BCUT2D eigenvalue weighted by atomic mass is 9.90. The van der Waals surface area contributed by atoms with Gasteiger partial charge < -0.3 is 15.0 Å². The minimum absolute atomic E-state index is 0.138. The molecule has 0 radical (unpaired) electrons. The molecule has 0 bridgehead atoms. The summed E-state index contributed by atoms with van der Waals surface area (Å²) >= 11 is 6.05. The fraction of sp³-hybridized carbons (Fsp3) is 0.280. The van der Waals surface area contributed by atoms with Crippen LogP contribution in [0.25, 0.3) is 16.7 Å². The van der Waals surface area contributed by atoms with Crippen molar-refractivity contribution in [2.45, 2.75) is 39.3 Å². The number of nitrogens with zero attached hydrogens (tertiary/aromatic N) is 2.